The standard InChI is InChI=1S/C25H33N5O3/c1-18(2)30-24-21(17-26-30)20(16-22(27-24)23-4-3-13-33-23)25(31)29-9-6-19(7-10-29)5-8-28-11-14-32-15-12-28/h3-4,13,16-19H,5-12,14-15H2,1-2H3. The third-order valence-electron chi connectivity index (χ3n) is 6.92. The van der Waals surface area contributed by atoms with Crippen LogP contribution in [0.3, 0.4) is 0 Å². The molecule has 0 bridgehead atoms. The molecule has 8 heteroatoms. The van der Waals surface area contributed by atoms with Gasteiger partial charge in [0.1, 0.15) is 5.69 Å². The van der Waals surface area contributed by atoms with Crippen LogP contribution in [0.2, 0.25) is 0 Å². The van der Waals surface area contributed by atoms with E-state index in [0.29, 0.717) is 22.9 Å². The fourth-order valence-electron chi connectivity index (χ4n) is 4.91. The summed E-state index contributed by atoms with van der Waals surface area (Å²) in [4.78, 5) is 22.9. The van der Waals surface area contributed by atoms with Crippen molar-refractivity contribution >= 4 is 16.9 Å². The number of rotatable bonds is 6. The van der Waals surface area contributed by atoms with Crippen molar-refractivity contribution in [1.82, 2.24) is 24.6 Å². The van der Waals surface area contributed by atoms with Gasteiger partial charge in [-0.1, -0.05) is 0 Å². The van der Waals surface area contributed by atoms with Crippen molar-refractivity contribution in [1.29, 1.82) is 0 Å². The first-order chi connectivity index (χ1) is 16.1. The number of hydrogen-bond donors (Lipinski definition) is 0. The number of carbonyl (C=O) groups is 1. The molecule has 3 aromatic rings. The van der Waals surface area contributed by atoms with E-state index < -0.39 is 0 Å². The lowest BCUT2D eigenvalue weighted by Gasteiger charge is -2.34. The van der Waals surface area contributed by atoms with Gasteiger partial charge in [0.15, 0.2) is 11.4 Å². The Labute approximate surface area is 194 Å². The maximum atomic E-state index is 13.6. The number of amides is 1. The summed E-state index contributed by atoms with van der Waals surface area (Å²) in [7, 11) is 0. The Kier molecular flexibility index (Phi) is 6.46. The SMILES string of the molecule is CC(C)n1ncc2c(C(=O)N3CCC(CCN4CCOCC4)CC3)cc(-c3ccco3)nc21. The van der Waals surface area contributed by atoms with Crippen LogP contribution in [0.25, 0.3) is 22.5 Å². The third-order valence-corrected chi connectivity index (χ3v) is 6.92. The first-order valence-corrected chi connectivity index (χ1v) is 12.1. The number of likely N-dealkylation sites (tertiary alicyclic amines) is 1. The highest BCUT2D eigenvalue weighted by Crippen LogP contribution is 2.29. The van der Waals surface area contributed by atoms with Crippen LogP contribution in [0.4, 0.5) is 0 Å². The number of carbonyl (C=O) groups excluding carboxylic acids is 1. The van der Waals surface area contributed by atoms with Gasteiger partial charge in [0.25, 0.3) is 5.91 Å². The number of hydrogen-bond acceptors (Lipinski definition) is 6. The van der Waals surface area contributed by atoms with Gasteiger partial charge < -0.3 is 14.1 Å². The van der Waals surface area contributed by atoms with Crippen LogP contribution in [0, 0.1) is 5.92 Å². The number of ether oxygens (including phenoxy) is 1. The number of piperidine rings is 1. The van der Waals surface area contributed by atoms with E-state index in [2.05, 4.69) is 23.8 Å². The molecule has 8 nitrogen and oxygen atoms in total. The van der Waals surface area contributed by atoms with E-state index in [9.17, 15) is 4.79 Å². The lowest BCUT2D eigenvalue weighted by molar-refractivity contribution is 0.0332. The van der Waals surface area contributed by atoms with Crippen molar-refractivity contribution in [2.24, 2.45) is 5.92 Å². The van der Waals surface area contributed by atoms with Gasteiger partial charge in [0, 0.05) is 32.2 Å². The van der Waals surface area contributed by atoms with Gasteiger partial charge >= 0.3 is 0 Å². The topological polar surface area (TPSA) is 76.6 Å². The first kappa shape index (κ1) is 22.1. The van der Waals surface area contributed by atoms with Crippen LogP contribution >= 0.6 is 0 Å². The maximum Gasteiger partial charge on any atom is 0.254 e. The summed E-state index contributed by atoms with van der Waals surface area (Å²) in [5, 5.41) is 5.33. The Morgan fingerprint density at radius 2 is 1.97 bits per heavy atom. The molecule has 0 aromatic carbocycles. The van der Waals surface area contributed by atoms with E-state index in [1.807, 2.05) is 27.8 Å². The zero-order valence-electron chi connectivity index (χ0n) is 19.6. The van der Waals surface area contributed by atoms with E-state index in [1.165, 1.54) is 6.42 Å². The molecule has 2 aliphatic rings. The Hall–Kier alpha value is -2.71. The van der Waals surface area contributed by atoms with E-state index in [1.54, 1.807) is 12.5 Å². The summed E-state index contributed by atoms with van der Waals surface area (Å²) in [6.45, 7) is 10.6. The van der Waals surface area contributed by atoms with Crippen molar-refractivity contribution < 1.29 is 13.9 Å². The molecule has 0 radical (unpaired) electrons. The molecule has 0 saturated carbocycles. The molecule has 1 amide bonds. The summed E-state index contributed by atoms with van der Waals surface area (Å²) >= 11 is 0. The zero-order valence-corrected chi connectivity index (χ0v) is 19.6. The molecular weight excluding hydrogens is 418 g/mol. The number of furan rings is 1. The lowest BCUT2D eigenvalue weighted by atomic mass is 9.92. The highest BCUT2D eigenvalue weighted by molar-refractivity contribution is 6.06. The van der Waals surface area contributed by atoms with Gasteiger partial charge in [-0.15, -0.1) is 0 Å². The largest absolute Gasteiger partial charge is 0.463 e. The predicted octanol–water partition coefficient (Wildman–Crippen LogP) is 3.85. The monoisotopic (exact) mass is 451 g/mol. The Bertz CT molecular complexity index is 1080. The smallest absolute Gasteiger partial charge is 0.254 e. The minimum atomic E-state index is 0.0603. The second-order valence-electron chi connectivity index (χ2n) is 9.43. The predicted molar refractivity (Wildman–Crippen MR) is 126 cm³/mol. The van der Waals surface area contributed by atoms with Crippen molar-refractivity contribution in [3.05, 3.63) is 36.2 Å². The maximum absolute atomic E-state index is 13.6. The zero-order chi connectivity index (χ0) is 22.8. The van der Waals surface area contributed by atoms with Crippen molar-refractivity contribution in [2.75, 3.05) is 45.9 Å². The normalized spacial score (nSPS) is 18.5. The number of morpholine rings is 1. The van der Waals surface area contributed by atoms with Crippen LogP contribution in [-0.2, 0) is 4.74 Å². The number of aromatic nitrogens is 3. The molecule has 176 valence electrons. The molecule has 5 heterocycles. The number of pyridine rings is 1. The van der Waals surface area contributed by atoms with Crippen molar-refractivity contribution in [2.45, 2.75) is 39.2 Å². The molecule has 0 N–H and O–H groups in total. The highest BCUT2D eigenvalue weighted by Gasteiger charge is 2.27. The third kappa shape index (κ3) is 4.68. The second-order valence-corrected chi connectivity index (χ2v) is 9.43. The Morgan fingerprint density at radius 1 is 1.18 bits per heavy atom. The van der Waals surface area contributed by atoms with Crippen molar-refractivity contribution in [3.63, 3.8) is 0 Å². The van der Waals surface area contributed by atoms with Gasteiger partial charge in [0.2, 0.25) is 0 Å². The fourth-order valence-corrected chi connectivity index (χ4v) is 4.91. The van der Waals surface area contributed by atoms with Gasteiger partial charge in [0.05, 0.1) is 36.6 Å². The average molecular weight is 452 g/mol. The quantitative estimate of drug-likeness (QED) is 0.567. The summed E-state index contributed by atoms with van der Waals surface area (Å²) in [6.07, 6.45) is 6.72. The van der Waals surface area contributed by atoms with Gasteiger partial charge in [-0.25, -0.2) is 9.67 Å². The molecular formula is C25H33N5O3. The van der Waals surface area contributed by atoms with Gasteiger partial charge in [-0.3, -0.25) is 9.69 Å². The van der Waals surface area contributed by atoms with Crippen LogP contribution in [0.5, 0.6) is 0 Å². The summed E-state index contributed by atoms with van der Waals surface area (Å²) in [5.74, 6) is 1.39. The molecule has 0 aliphatic carbocycles. The molecule has 0 unspecified atom stereocenters. The minimum Gasteiger partial charge on any atom is -0.463 e. The van der Waals surface area contributed by atoms with Crippen LogP contribution in [0.1, 0.15) is 49.5 Å². The summed E-state index contributed by atoms with van der Waals surface area (Å²) in [5.41, 5.74) is 2.05. The Morgan fingerprint density at radius 3 is 2.67 bits per heavy atom. The molecule has 33 heavy (non-hydrogen) atoms. The minimum absolute atomic E-state index is 0.0603. The van der Waals surface area contributed by atoms with E-state index in [-0.39, 0.29) is 11.9 Å². The number of nitrogens with zero attached hydrogens (tertiary/aromatic N) is 5. The van der Waals surface area contributed by atoms with E-state index >= 15 is 0 Å². The second kappa shape index (κ2) is 9.65. The lowest BCUT2D eigenvalue weighted by Crippen LogP contribution is -2.41. The highest BCUT2D eigenvalue weighted by atomic mass is 16.5. The number of fused-ring (bicyclic) bond motifs is 1. The molecule has 0 atom stereocenters. The molecule has 3 aromatic heterocycles. The summed E-state index contributed by atoms with van der Waals surface area (Å²) < 4.78 is 12.9. The molecule has 0 spiro atoms. The molecule has 2 fully saturated rings. The van der Waals surface area contributed by atoms with Crippen LogP contribution < -0.4 is 0 Å². The van der Waals surface area contributed by atoms with E-state index in [4.69, 9.17) is 14.1 Å². The van der Waals surface area contributed by atoms with Crippen LogP contribution in [-0.4, -0.2) is 76.4 Å². The summed E-state index contributed by atoms with van der Waals surface area (Å²) in [6, 6.07) is 5.72. The first-order valence-electron chi connectivity index (χ1n) is 12.1. The molecule has 2 saturated heterocycles. The van der Waals surface area contributed by atoms with Crippen molar-refractivity contribution in [3.8, 4) is 11.5 Å². The molecule has 5 rings (SSSR count). The van der Waals surface area contributed by atoms with Crippen LogP contribution in [0.15, 0.2) is 35.1 Å². The van der Waals surface area contributed by atoms with Gasteiger partial charge in [-0.05, 0) is 63.8 Å². The Balaban J connectivity index is 1.32. The average Bonchev–Trinajstić information content (AvgIpc) is 3.53. The van der Waals surface area contributed by atoms with Gasteiger partial charge in [-0.2, -0.15) is 5.10 Å². The fraction of sp³-hybridized carbons (Fsp3) is 0.560. The van der Waals surface area contributed by atoms with E-state index in [0.717, 1.165) is 69.8 Å². The molecule has 2 aliphatic heterocycles.